The van der Waals surface area contributed by atoms with Crippen LogP contribution in [0.1, 0.15) is 25.8 Å². The number of hydrogen-bond donors (Lipinski definition) is 0. The fourth-order valence-corrected chi connectivity index (χ4v) is 1.25. The minimum Gasteiger partial charge on any atom is -0.255 e. The van der Waals surface area contributed by atoms with Crippen LogP contribution in [0.15, 0.2) is 29.2 Å². The standard InChI is InChI=1S/C8H10OS.C3H8/c1-7-3-5-8(6-4-7)10(2)9;1-3-2/h3-6H,1-2H3;3H2,1-2H3. The lowest BCUT2D eigenvalue weighted by molar-refractivity contribution is 0.687. The molecule has 1 aromatic carbocycles. The van der Waals surface area contributed by atoms with Crippen molar-refractivity contribution in [3.05, 3.63) is 29.8 Å². The van der Waals surface area contributed by atoms with E-state index in [9.17, 15) is 4.21 Å². The molecule has 74 valence electrons. The summed E-state index contributed by atoms with van der Waals surface area (Å²) >= 11 is 0. The zero-order valence-electron chi connectivity index (χ0n) is 8.83. The lowest BCUT2D eigenvalue weighted by Crippen LogP contribution is -1.85. The molecule has 0 aliphatic carbocycles. The summed E-state index contributed by atoms with van der Waals surface area (Å²) in [4.78, 5) is 0.894. The quantitative estimate of drug-likeness (QED) is 0.677. The van der Waals surface area contributed by atoms with Crippen LogP contribution in [0.5, 0.6) is 0 Å². The molecule has 1 rings (SSSR count). The number of hydrogen-bond acceptors (Lipinski definition) is 1. The molecule has 1 nitrogen and oxygen atoms in total. The maximum Gasteiger partial charge on any atom is 0.0498 e. The molecule has 2 heteroatoms. The second-order valence-corrected chi connectivity index (χ2v) is 4.35. The van der Waals surface area contributed by atoms with Crippen molar-refractivity contribution in [2.45, 2.75) is 32.1 Å². The first kappa shape index (κ1) is 12.4. The van der Waals surface area contributed by atoms with Crippen LogP contribution in [0.3, 0.4) is 0 Å². The molecule has 0 saturated heterocycles. The molecule has 0 bridgehead atoms. The summed E-state index contributed by atoms with van der Waals surface area (Å²) in [5.74, 6) is 0. The zero-order valence-corrected chi connectivity index (χ0v) is 9.65. The molecule has 1 unspecified atom stereocenters. The predicted octanol–water partition coefficient (Wildman–Crippen LogP) is 3.15. The van der Waals surface area contributed by atoms with Gasteiger partial charge in [0.1, 0.15) is 0 Å². The number of benzene rings is 1. The summed E-state index contributed by atoms with van der Waals surface area (Å²) < 4.78 is 10.9. The lowest BCUT2D eigenvalue weighted by Gasteiger charge is -1.94. The normalized spacial score (nSPS) is 11.4. The molecule has 0 fully saturated rings. The molecule has 0 N–H and O–H groups in total. The second-order valence-electron chi connectivity index (χ2n) is 2.97. The van der Waals surface area contributed by atoms with E-state index in [4.69, 9.17) is 0 Å². The topological polar surface area (TPSA) is 17.1 Å². The van der Waals surface area contributed by atoms with Gasteiger partial charge >= 0.3 is 0 Å². The summed E-state index contributed by atoms with van der Waals surface area (Å²) in [6.07, 6.45) is 2.94. The first-order valence-electron chi connectivity index (χ1n) is 4.51. The molecule has 0 amide bonds. The van der Waals surface area contributed by atoms with Crippen LogP contribution in [0.2, 0.25) is 0 Å². The van der Waals surface area contributed by atoms with E-state index >= 15 is 0 Å². The van der Waals surface area contributed by atoms with Gasteiger partial charge in [-0.3, -0.25) is 4.21 Å². The molecule has 0 heterocycles. The van der Waals surface area contributed by atoms with Gasteiger partial charge in [-0.2, -0.15) is 0 Å². The maximum atomic E-state index is 10.9. The largest absolute Gasteiger partial charge is 0.255 e. The molecular weight excluding hydrogens is 180 g/mol. The lowest BCUT2D eigenvalue weighted by atomic mass is 10.2. The van der Waals surface area contributed by atoms with Gasteiger partial charge in [0.05, 0.1) is 0 Å². The maximum absolute atomic E-state index is 10.9. The van der Waals surface area contributed by atoms with Crippen LogP contribution < -0.4 is 0 Å². The van der Waals surface area contributed by atoms with E-state index in [2.05, 4.69) is 13.8 Å². The third kappa shape index (κ3) is 5.58. The second kappa shape index (κ2) is 6.84. The van der Waals surface area contributed by atoms with Crippen molar-refractivity contribution in [3.8, 4) is 0 Å². The Labute approximate surface area is 83.6 Å². The Morgan fingerprint density at radius 3 is 1.85 bits per heavy atom. The van der Waals surface area contributed by atoms with Crippen molar-refractivity contribution < 1.29 is 4.21 Å². The Morgan fingerprint density at radius 2 is 1.54 bits per heavy atom. The van der Waals surface area contributed by atoms with E-state index in [-0.39, 0.29) is 0 Å². The van der Waals surface area contributed by atoms with Crippen molar-refractivity contribution >= 4 is 10.8 Å². The molecule has 0 aromatic heterocycles. The Morgan fingerprint density at radius 1 is 1.15 bits per heavy atom. The van der Waals surface area contributed by atoms with Crippen LogP contribution in [0.25, 0.3) is 0 Å². The Balaban J connectivity index is 0.000000424. The fourth-order valence-electron chi connectivity index (χ4n) is 0.730. The third-order valence-corrected chi connectivity index (χ3v) is 2.29. The Bertz CT molecular complexity index is 251. The highest BCUT2D eigenvalue weighted by Gasteiger charge is 1.93. The third-order valence-electron chi connectivity index (χ3n) is 1.35. The molecule has 0 radical (unpaired) electrons. The van der Waals surface area contributed by atoms with E-state index in [0.717, 1.165) is 4.90 Å². The van der Waals surface area contributed by atoms with Crippen LogP contribution in [-0.4, -0.2) is 10.5 Å². The van der Waals surface area contributed by atoms with Crippen molar-refractivity contribution in [2.75, 3.05) is 6.26 Å². The highest BCUT2D eigenvalue weighted by Crippen LogP contribution is 2.05. The molecule has 0 saturated carbocycles. The first-order chi connectivity index (χ1) is 6.11. The van der Waals surface area contributed by atoms with Gasteiger partial charge in [-0.05, 0) is 19.1 Å². The smallest absolute Gasteiger partial charge is 0.0498 e. The van der Waals surface area contributed by atoms with Crippen molar-refractivity contribution in [3.63, 3.8) is 0 Å². The molecule has 1 atom stereocenters. The van der Waals surface area contributed by atoms with E-state index < -0.39 is 10.8 Å². The predicted molar refractivity (Wildman–Crippen MR) is 59.5 cm³/mol. The highest BCUT2D eigenvalue weighted by molar-refractivity contribution is 7.84. The SMILES string of the molecule is CCC.Cc1ccc(S(C)=O)cc1. The molecule has 0 aliphatic rings. The van der Waals surface area contributed by atoms with Gasteiger partial charge in [0.25, 0.3) is 0 Å². The molecular formula is C11H18OS. The van der Waals surface area contributed by atoms with Gasteiger partial charge < -0.3 is 0 Å². The van der Waals surface area contributed by atoms with E-state index in [1.807, 2.05) is 31.2 Å². The van der Waals surface area contributed by atoms with Crippen LogP contribution in [-0.2, 0) is 10.8 Å². The summed E-state index contributed by atoms with van der Waals surface area (Å²) in [7, 11) is -0.837. The first-order valence-corrected chi connectivity index (χ1v) is 6.07. The zero-order chi connectivity index (χ0) is 10.3. The monoisotopic (exact) mass is 198 g/mol. The van der Waals surface area contributed by atoms with Crippen molar-refractivity contribution in [2.24, 2.45) is 0 Å². The van der Waals surface area contributed by atoms with Gasteiger partial charge in [-0.15, -0.1) is 0 Å². The van der Waals surface area contributed by atoms with Gasteiger partial charge in [-0.1, -0.05) is 38.0 Å². The Kier molecular flexibility index (Phi) is 6.51. The molecule has 1 aromatic rings. The van der Waals surface area contributed by atoms with E-state index in [0.29, 0.717) is 0 Å². The Hall–Kier alpha value is -0.630. The molecule has 0 aliphatic heterocycles. The summed E-state index contributed by atoms with van der Waals surface area (Å²) in [6.45, 7) is 6.27. The van der Waals surface area contributed by atoms with Crippen molar-refractivity contribution in [1.29, 1.82) is 0 Å². The summed E-state index contributed by atoms with van der Waals surface area (Å²) in [6, 6.07) is 7.73. The van der Waals surface area contributed by atoms with E-state index in [1.165, 1.54) is 12.0 Å². The number of aryl methyl sites for hydroxylation is 1. The van der Waals surface area contributed by atoms with Gasteiger partial charge in [0.15, 0.2) is 0 Å². The van der Waals surface area contributed by atoms with Gasteiger partial charge in [-0.25, -0.2) is 0 Å². The minimum atomic E-state index is -0.837. The fraction of sp³-hybridized carbons (Fsp3) is 0.455. The van der Waals surface area contributed by atoms with Crippen molar-refractivity contribution in [1.82, 2.24) is 0 Å². The van der Waals surface area contributed by atoms with Crippen LogP contribution in [0, 0.1) is 6.92 Å². The van der Waals surface area contributed by atoms with Crippen LogP contribution >= 0.6 is 0 Å². The average molecular weight is 198 g/mol. The van der Waals surface area contributed by atoms with Gasteiger partial charge in [0.2, 0.25) is 0 Å². The molecule has 13 heavy (non-hydrogen) atoms. The molecule has 0 spiro atoms. The summed E-state index contributed by atoms with van der Waals surface area (Å²) in [5, 5.41) is 0. The van der Waals surface area contributed by atoms with Gasteiger partial charge in [0, 0.05) is 22.0 Å². The number of rotatable bonds is 1. The van der Waals surface area contributed by atoms with Crippen LogP contribution in [0.4, 0.5) is 0 Å². The van der Waals surface area contributed by atoms with E-state index in [1.54, 1.807) is 6.26 Å². The minimum absolute atomic E-state index is 0.837. The summed E-state index contributed by atoms with van der Waals surface area (Å²) in [5.41, 5.74) is 1.20. The average Bonchev–Trinajstić information content (AvgIpc) is 2.06. The highest BCUT2D eigenvalue weighted by atomic mass is 32.2.